The number of piperazine rings is 1. The Kier molecular flexibility index (Phi) is 8.94. The fourth-order valence-corrected chi connectivity index (χ4v) is 13.1. The lowest BCUT2D eigenvalue weighted by molar-refractivity contribution is -0.207. The van der Waals surface area contributed by atoms with Crippen molar-refractivity contribution in [2.75, 3.05) is 39.3 Å². The Morgan fingerprint density at radius 2 is 1.61 bits per heavy atom. The van der Waals surface area contributed by atoms with Gasteiger partial charge in [-0.05, 0) is 121 Å². The molecule has 7 nitrogen and oxygen atoms in total. The highest BCUT2D eigenvalue weighted by atomic mass is 16.5. The summed E-state index contributed by atoms with van der Waals surface area (Å²) in [5.74, 6) is 2.49. The molecular formula is C42H63N3O4. The van der Waals surface area contributed by atoms with Crippen molar-refractivity contribution in [3.05, 3.63) is 41.7 Å². The SMILES string of the molecule is C[C@H]1[C@H](C)CC[C@]2(C(=O)OCCN3CCN(C(=O)c4ccncc4)CC3)CC[C@]3(C)C(=CC[C@@H]4[C@@]5(C)CC[C@H](O)C(C)(C)[C@@H]5CC[C@]43C)[C@H]12. The third-order valence-corrected chi connectivity index (χ3v) is 16.6. The van der Waals surface area contributed by atoms with Crippen molar-refractivity contribution in [1.82, 2.24) is 14.8 Å². The van der Waals surface area contributed by atoms with E-state index < -0.39 is 5.41 Å². The lowest BCUT2D eigenvalue weighted by Gasteiger charge is -2.71. The van der Waals surface area contributed by atoms with Gasteiger partial charge >= 0.3 is 5.97 Å². The van der Waals surface area contributed by atoms with E-state index in [2.05, 4.69) is 64.4 Å². The van der Waals surface area contributed by atoms with Gasteiger partial charge in [-0.2, -0.15) is 0 Å². The number of carbonyl (C=O) groups is 2. The molecule has 1 aromatic rings. The number of allylic oxidation sites excluding steroid dienone is 2. The zero-order chi connectivity index (χ0) is 35.0. The molecule has 1 amide bonds. The van der Waals surface area contributed by atoms with Gasteiger partial charge in [-0.3, -0.25) is 19.5 Å². The Morgan fingerprint density at radius 3 is 2.33 bits per heavy atom. The molecule has 1 aliphatic heterocycles. The minimum atomic E-state index is -0.436. The van der Waals surface area contributed by atoms with Gasteiger partial charge in [0.2, 0.25) is 0 Å². The number of carbonyl (C=O) groups excluding carboxylic acids is 2. The molecule has 0 unspecified atom stereocenters. The minimum Gasteiger partial charge on any atom is -0.464 e. The van der Waals surface area contributed by atoms with E-state index >= 15 is 0 Å². The second-order valence-electron chi connectivity index (χ2n) is 18.7. The lowest BCUT2D eigenvalue weighted by atomic mass is 9.33. The first-order valence-electron chi connectivity index (χ1n) is 19.7. The molecule has 1 saturated heterocycles. The van der Waals surface area contributed by atoms with Crippen LogP contribution in [0.4, 0.5) is 0 Å². The van der Waals surface area contributed by atoms with Gasteiger partial charge in [0.05, 0.1) is 11.5 Å². The maximum atomic E-state index is 14.5. The molecular weight excluding hydrogens is 610 g/mol. The van der Waals surface area contributed by atoms with Crippen LogP contribution < -0.4 is 0 Å². The van der Waals surface area contributed by atoms with Crippen molar-refractivity contribution in [1.29, 1.82) is 0 Å². The highest BCUT2D eigenvalue weighted by Gasteiger charge is 2.69. The van der Waals surface area contributed by atoms with Gasteiger partial charge in [-0.1, -0.05) is 60.1 Å². The highest BCUT2D eigenvalue weighted by molar-refractivity contribution is 5.94. The standard InChI is InChI=1S/C42H63N3O4/c1-28-10-17-42(37(48)49-27-26-44-22-24-45(25-23-44)36(47)30-13-20-43-21-14-30)19-18-40(6)31(35(42)29(28)2)8-9-33-39(5)15-12-34(46)38(3,4)32(39)11-16-41(33,40)7/h8,13-14,20-21,28-29,32-35,46H,9-12,15-19,22-27H2,1-7H3/t28-,29+,32+,33-,34+,35+,39+,40-,41-,42+/m1/s1. The Bertz CT molecular complexity index is 1450. The van der Waals surface area contributed by atoms with Crippen LogP contribution in [0.2, 0.25) is 0 Å². The van der Waals surface area contributed by atoms with Crippen LogP contribution in [0.15, 0.2) is 36.2 Å². The summed E-state index contributed by atoms with van der Waals surface area (Å²) in [7, 11) is 0. The molecule has 2 heterocycles. The maximum absolute atomic E-state index is 14.5. The normalized spacial score (nSPS) is 43.3. The smallest absolute Gasteiger partial charge is 0.312 e. The van der Waals surface area contributed by atoms with E-state index in [4.69, 9.17) is 4.74 Å². The second kappa shape index (κ2) is 12.5. The van der Waals surface area contributed by atoms with Crippen molar-refractivity contribution in [2.45, 2.75) is 112 Å². The first kappa shape index (κ1) is 35.2. The molecule has 0 bridgehead atoms. The van der Waals surface area contributed by atoms with Gasteiger partial charge in [0.15, 0.2) is 0 Å². The van der Waals surface area contributed by atoms with Crippen molar-refractivity contribution in [3.63, 3.8) is 0 Å². The number of hydrogen-bond donors (Lipinski definition) is 1. The van der Waals surface area contributed by atoms with Crippen molar-refractivity contribution in [2.24, 2.45) is 56.7 Å². The van der Waals surface area contributed by atoms with Crippen LogP contribution in [0.1, 0.15) is 117 Å². The number of aliphatic hydroxyl groups is 1. The van der Waals surface area contributed by atoms with E-state index in [1.165, 1.54) is 12.8 Å². The number of nitrogens with zero attached hydrogens (tertiary/aromatic N) is 3. The Hall–Kier alpha value is -2.25. The lowest BCUT2D eigenvalue weighted by Crippen LogP contribution is -2.65. The average molecular weight is 674 g/mol. The van der Waals surface area contributed by atoms with Gasteiger partial charge < -0.3 is 14.7 Å². The van der Waals surface area contributed by atoms with Crippen LogP contribution in [0.5, 0.6) is 0 Å². The predicted octanol–water partition coefficient (Wildman–Crippen LogP) is 7.40. The number of esters is 1. The molecule has 0 aromatic carbocycles. The van der Waals surface area contributed by atoms with Crippen molar-refractivity contribution < 1.29 is 19.4 Å². The first-order chi connectivity index (χ1) is 23.2. The van der Waals surface area contributed by atoms with Crippen molar-refractivity contribution in [3.8, 4) is 0 Å². The summed E-state index contributed by atoms with van der Waals surface area (Å²) in [5, 5.41) is 11.1. The number of aromatic nitrogens is 1. The van der Waals surface area contributed by atoms with Crippen LogP contribution in [0.3, 0.4) is 0 Å². The number of amides is 1. The molecule has 49 heavy (non-hydrogen) atoms. The monoisotopic (exact) mass is 673 g/mol. The molecule has 0 radical (unpaired) electrons. The Labute approximate surface area is 295 Å². The molecule has 1 N–H and O–H groups in total. The summed E-state index contributed by atoms with van der Waals surface area (Å²) in [5.41, 5.74) is 2.24. The van der Waals surface area contributed by atoms with E-state index in [0.29, 0.717) is 55.5 Å². The van der Waals surface area contributed by atoms with Gasteiger partial charge in [-0.15, -0.1) is 0 Å². The van der Waals surface area contributed by atoms with Crippen molar-refractivity contribution >= 4 is 11.9 Å². The van der Waals surface area contributed by atoms with Crippen LogP contribution in [-0.4, -0.2) is 77.2 Å². The summed E-state index contributed by atoms with van der Waals surface area (Å²) in [6.07, 6.45) is 15.3. The fourth-order valence-electron chi connectivity index (χ4n) is 13.1. The molecule has 4 saturated carbocycles. The fraction of sp³-hybridized carbons (Fsp3) is 0.786. The number of rotatable bonds is 5. The van der Waals surface area contributed by atoms with Gasteiger partial charge in [0.1, 0.15) is 6.61 Å². The van der Waals surface area contributed by atoms with Gasteiger partial charge in [-0.25, -0.2) is 0 Å². The first-order valence-corrected chi connectivity index (χ1v) is 19.7. The average Bonchev–Trinajstić information content (AvgIpc) is 3.09. The molecule has 0 spiro atoms. The third-order valence-electron chi connectivity index (χ3n) is 16.6. The molecule has 7 heteroatoms. The summed E-state index contributed by atoms with van der Waals surface area (Å²) >= 11 is 0. The van der Waals surface area contributed by atoms with Crippen LogP contribution >= 0.6 is 0 Å². The van der Waals surface area contributed by atoms with E-state index in [9.17, 15) is 14.7 Å². The Balaban J connectivity index is 1.06. The summed E-state index contributed by atoms with van der Waals surface area (Å²) in [6, 6.07) is 3.55. The number of ether oxygens (including phenoxy) is 1. The van der Waals surface area contributed by atoms with Crippen LogP contribution in [0.25, 0.3) is 0 Å². The molecule has 5 fully saturated rings. The summed E-state index contributed by atoms with van der Waals surface area (Å²) in [4.78, 5) is 35.7. The zero-order valence-electron chi connectivity index (χ0n) is 31.5. The molecule has 7 rings (SSSR count). The largest absolute Gasteiger partial charge is 0.464 e. The topological polar surface area (TPSA) is 83.0 Å². The van der Waals surface area contributed by atoms with E-state index in [0.717, 1.165) is 58.0 Å². The summed E-state index contributed by atoms with van der Waals surface area (Å²) in [6.45, 7) is 21.3. The predicted molar refractivity (Wildman–Crippen MR) is 193 cm³/mol. The molecule has 270 valence electrons. The maximum Gasteiger partial charge on any atom is 0.312 e. The molecule has 6 aliphatic rings. The quantitative estimate of drug-likeness (QED) is 0.259. The minimum absolute atomic E-state index is 0.0386. The third kappa shape index (κ3) is 5.28. The number of hydrogen-bond acceptors (Lipinski definition) is 6. The van der Waals surface area contributed by atoms with Crippen LogP contribution in [0, 0.1) is 56.7 Å². The Morgan fingerprint density at radius 1 is 0.898 bits per heavy atom. The highest BCUT2D eigenvalue weighted by Crippen LogP contribution is 2.75. The molecule has 10 atom stereocenters. The zero-order valence-corrected chi connectivity index (χ0v) is 31.5. The number of pyridine rings is 1. The van der Waals surface area contributed by atoms with E-state index in [1.807, 2.05) is 4.90 Å². The molecule has 1 aromatic heterocycles. The number of aliphatic hydroxyl groups excluding tert-OH is 1. The van der Waals surface area contributed by atoms with Gasteiger partial charge in [0.25, 0.3) is 5.91 Å². The second-order valence-corrected chi connectivity index (χ2v) is 18.7. The summed E-state index contributed by atoms with van der Waals surface area (Å²) < 4.78 is 6.32. The van der Waals surface area contributed by atoms with Gasteiger partial charge in [0, 0.05) is 50.7 Å². The number of fused-ring (bicyclic) bond motifs is 7. The van der Waals surface area contributed by atoms with Crippen LogP contribution in [-0.2, 0) is 9.53 Å². The van der Waals surface area contributed by atoms with E-state index in [-0.39, 0.29) is 45.6 Å². The van der Waals surface area contributed by atoms with E-state index in [1.54, 1.807) is 30.1 Å². The molecule has 5 aliphatic carbocycles.